The van der Waals surface area contributed by atoms with Gasteiger partial charge in [-0.1, -0.05) is 0 Å². The molecule has 1 aromatic carbocycles. The summed E-state index contributed by atoms with van der Waals surface area (Å²) in [7, 11) is -3.47. The number of pyridine rings is 1. The molecule has 2 rings (SSSR count). The Morgan fingerprint density at radius 1 is 1.32 bits per heavy atom. The van der Waals surface area contributed by atoms with Gasteiger partial charge in [-0.25, -0.2) is 18.2 Å². The number of rotatable bonds is 7. The van der Waals surface area contributed by atoms with Crippen LogP contribution in [0.15, 0.2) is 40.6 Å². The molecule has 11 heteroatoms. The van der Waals surface area contributed by atoms with Gasteiger partial charge in [0.05, 0.1) is 12.8 Å². The van der Waals surface area contributed by atoms with E-state index in [0.717, 1.165) is 12.5 Å². The van der Waals surface area contributed by atoms with Gasteiger partial charge >= 0.3 is 5.97 Å². The number of nitrogens with zero attached hydrogens (tertiary/aromatic N) is 2. The number of phenols is 1. The van der Waals surface area contributed by atoms with Crippen molar-refractivity contribution in [3.63, 3.8) is 0 Å². The second kappa shape index (κ2) is 8.65. The first-order valence-electron chi connectivity index (χ1n) is 7.96. The van der Waals surface area contributed by atoms with Gasteiger partial charge in [0.15, 0.2) is 26.4 Å². The van der Waals surface area contributed by atoms with E-state index in [9.17, 15) is 22.7 Å². The number of benzene rings is 1. The molecule has 0 unspecified atom stereocenters. The molecule has 0 aliphatic carbocycles. The van der Waals surface area contributed by atoms with Crippen LogP contribution in [0.4, 0.5) is 10.1 Å². The molecule has 0 spiro atoms. The topological polar surface area (TPSA) is 127 Å². The SMILES string of the molecule is CCOC(=O)/C(C)=N/Nc1ccc(Oc2ccc(S(C)(=O)=O)nc2)c(F)c1O. The molecule has 0 saturated heterocycles. The summed E-state index contributed by atoms with van der Waals surface area (Å²) >= 11 is 0. The fraction of sp³-hybridized carbons (Fsp3) is 0.235. The van der Waals surface area contributed by atoms with Crippen LogP contribution >= 0.6 is 0 Å². The van der Waals surface area contributed by atoms with Crippen molar-refractivity contribution in [3.8, 4) is 17.2 Å². The van der Waals surface area contributed by atoms with Crippen LogP contribution in [-0.2, 0) is 19.4 Å². The standard InChI is InChI=1S/C17H18FN3O6S/c1-4-26-17(23)10(2)20-21-12-6-7-13(15(18)16(12)22)27-11-5-8-14(19-9-11)28(3,24)25/h5-9,21-22H,4H2,1-3H3/b20-10+. The van der Waals surface area contributed by atoms with Crippen molar-refractivity contribution in [2.24, 2.45) is 5.10 Å². The smallest absolute Gasteiger partial charge is 0.354 e. The number of hydrazone groups is 1. The first-order chi connectivity index (χ1) is 13.1. The molecule has 28 heavy (non-hydrogen) atoms. The molecule has 0 amide bonds. The molecule has 0 radical (unpaired) electrons. The second-order valence-corrected chi connectivity index (χ2v) is 7.47. The van der Waals surface area contributed by atoms with Gasteiger partial charge in [-0.3, -0.25) is 5.43 Å². The third kappa shape index (κ3) is 5.16. The quantitative estimate of drug-likeness (QED) is 0.308. The molecular formula is C17H18FN3O6S. The lowest BCUT2D eigenvalue weighted by atomic mass is 10.2. The van der Waals surface area contributed by atoms with E-state index in [-0.39, 0.29) is 34.5 Å². The summed E-state index contributed by atoms with van der Waals surface area (Å²) in [5, 5.41) is 13.5. The largest absolute Gasteiger partial charge is 0.503 e. The highest BCUT2D eigenvalue weighted by molar-refractivity contribution is 7.90. The van der Waals surface area contributed by atoms with Crippen molar-refractivity contribution in [3.05, 3.63) is 36.3 Å². The van der Waals surface area contributed by atoms with E-state index in [1.54, 1.807) is 6.92 Å². The lowest BCUT2D eigenvalue weighted by Gasteiger charge is -2.11. The van der Waals surface area contributed by atoms with Gasteiger partial charge in [0.1, 0.15) is 17.1 Å². The molecule has 150 valence electrons. The molecule has 0 aliphatic rings. The molecule has 0 bridgehead atoms. The normalized spacial score (nSPS) is 11.8. The number of phenolic OH excluding ortho intramolecular Hbond substituents is 1. The number of aromatic nitrogens is 1. The number of hydrogen-bond acceptors (Lipinski definition) is 9. The van der Waals surface area contributed by atoms with Gasteiger partial charge < -0.3 is 14.6 Å². The highest BCUT2D eigenvalue weighted by Gasteiger charge is 2.16. The minimum Gasteiger partial charge on any atom is -0.503 e. The van der Waals surface area contributed by atoms with Crippen LogP contribution in [0.2, 0.25) is 0 Å². The van der Waals surface area contributed by atoms with Crippen molar-refractivity contribution in [1.82, 2.24) is 4.98 Å². The Morgan fingerprint density at radius 3 is 2.61 bits per heavy atom. The number of sulfone groups is 1. The Hall–Kier alpha value is -3.21. The van der Waals surface area contributed by atoms with Gasteiger partial charge in [0.25, 0.3) is 0 Å². The molecule has 1 heterocycles. The van der Waals surface area contributed by atoms with E-state index in [2.05, 4.69) is 15.5 Å². The fourth-order valence-electron chi connectivity index (χ4n) is 1.91. The predicted octanol–water partition coefficient (Wildman–Crippen LogP) is 2.47. The van der Waals surface area contributed by atoms with Crippen LogP contribution in [0.3, 0.4) is 0 Å². The van der Waals surface area contributed by atoms with Crippen molar-refractivity contribution in [2.45, 2.75) is 18.9 Å². The van der Waals surface area contributed by atoms with Crippen molar-refractivity contribution < 1.29 is 32.2 Å². The Morgan fingerprint density at radius 2 is 2.04 bits per heavy atom. The van der Waals surface area contributed by atoms with Crippen molar-refractivity contribution >= 4 is 27.2 Å². The zero-order valence-electron chi connectivity index (χ0n) is 15.3. The minimum absolute atomic E-state index is 0.0148. The maximum atomic E-state index is 14.3. The molecular weight excluding hydrogens is 393 g/mol. The third-order valence-corrected chi connectivity index (χ3v) is 4.31. The van der Waals surface area contributed by atoms with Gasteiger partial charge in [0.2, 0.25) is 5.82 Å². The summed E-state index contributed by atoms with van der Waals surface area (Å²) in [4.78, 5) is 15.2. The molecule has 2 aromatic rings. The first-order valence-corrected chi connectivity index (χ1v) is 9.85. The summed E-state index contributed by atoms with van der Waals surface area (Å²) in [6.45, 7) is 3.21. The number of aromatic hydroxyl groups is 1. The number of ether oxygens (including phenoxy) is 2. The Bertz CT molecular complexity index is 1010. The predicted molar refractivity (Wildman–Crippen MR) is 98.9 cm³/mol. The summed E-state index contributed by atoms with van der Waals surface area (Å²) in [6.07, 6.45) is 2.12. The van der Waals surface area contributed by atoms with E-state index in [1.165, 1.54) is 31.2 Å². The Balaban J connectivity index is 2.17. The van der Waals surface area contributed by atoms with Gasteiger partial charge in [-0.15, -0.1) is 0 Å². The number of hydrogen-bond donors (Lipinski definition) is 2. The molecule has 0 atom stereocenters. The zero-order valence-corrected chi connectivity index (χ0v) is 16.1. The average Bonchev–Trinajstić information content (AvgIpc) is 2.64. The highest BCUT2D eigenvalue weighted by Crippen LogP contribution is 2.35. The molecule has 1 aromatic heterocycles. The fourth-order valence-corrected chi connectivity index (χ4v) is 2.47. The molecule has 2 N–H and O–H groups in total. The summed E-state index contributed by atoms with van der Waals surface area (Å²) < 4.78 is 47.1. The van der Waals surface area contributed by atoms with Crippen LogP contribution in [0.25, 0.3) is 0 Å². The van der Waals surface area contributed by atoms with Crippen LogP contribution in [0.1, 0.15) is 13.8 Å². The van der Waals surface area contributed by atoms with Crippen LogP contribution in [0, 0.1) is 5.82 Å². The van der Waals surface area contributed by atoms with Crippen LogP contribution in [0.5, 0.6) is 17.2 Å². The summed E-state index contributed by atoms with van der Waals surface area (Å²) in [6, 6.07) is 5.02. The van der Waals surface area contributed by atoms with E-state index in [0.29, 0.717) is 0 Å². The van der Waals surface area contributed by atoms with Gasteiger partial charge in [-0.05, 0) is 38.1 Å². The molecule has 0 aliphatic heterocycles. The lowest BCUT2D eigenvalue weighted by Crippen LogP contribution is -2.15. The molecule has 0 saturated carbocycles. The van der Waals surface area contributed by atoms with Crippen LogP contribution < -0.4 is 10.2 Å². The number of nitrogens with one attached hydrogen (secondary N) is 1. The maximum absolute atomic E-state index is 14.3. The van der Waals surface area contributed by atoms with Crippen LogP contribution in [-0.4, -0.2) is 43.1 Å². The number of halogens is 1. The number of carbonyl (C=O) groups excluding carboxylic acids is 1. The van der Waals surface area contributed by atoms with E-state index < -0.39 is 27.4 Å². The van der Waals surface area contributed by atoms with E-state index in [1.807, 2.05) is 0 Å². The minimum atomic E-state index is -3.47. The van der Waals surface area contributed by atoms with Crippen molar-refractivity contribution in [2.75, 3.05) is 18.3 Å². The first kappa shape index (κ1) is 21.1. The molecule has 0 fully saturated rings. The Kier molecular flexibility index (Phi) is 6.52. The zero-order chi connectivity index (χ0) is 20.9. The summed E-state index contributed by atoms with van der Waals surface area (Å²) in [5.74, 6) is -2.76. The van der Waals surface area contributed by atoms with E-state index >= 15 is 0 Å². The van der Waals surface area contributed by atoms with Gasteiger partial charge in [-0.2, -0.15) is 9.49 Å². The lowest BCUT2D eigenvalue weighted by molar-refractivity contribution is -0.135. The Labute approximate surface area is 160 Å². The monoisotopic (exact) mass is 411 g/mol. The van der Waals surface area contributed by atoms with E-state index in [4.69, 9.17) is 9.47 Å². The summed E-state index contributed by atoms with van der Waals surface area (Å²) in [5.41, 5.74) is 2.26. The molecule has 9 nitrogen and oxygen atoms in total. The number of carbonyl (C=O) groups is 1. The average molecular weight is 411 g/mol. The highest BCUT2D eigenvalue weighted by atomic mass is 32.2. The van der Waals surface area contributed by atoms with Crippen molar-refractivity contribution in [1.29, 1.82) is 0 Å². The maximum Gasteiger partial charge on any atom is 0.354 e. The third-order valence-electron chi connectivity index (χ3n) is 3.31. The number of esters is 1. The number of anilines is 1. The van der Waals surface area contributed by atoms with Gasteiger partial charge in [0, 0.05) is 6.26 Å². The second-order valence-electron chi connectivity index (χ2n) is 5.51.